The summed E-state index contributed by atoms with van der Waals surface area (Å²) in [6, 6.07) is 11.0. The van der Waals surface area contributed by atoms with Crippen molar-refractivity contribution in [2.24, 2.45) is 0 Å². The molecule has 0 saturated carbocycles. The van der Waals surface area contributed by atoms with E-state index in [9.17, 15) is 13.9 Å². The maximum atomic E-state index is 13.5. The highest BCUT2D eigenvalue weighted by molar-refractivity contribution is 5.46. The molecular weight excluding hydrogens is 300 g/mol. The predicted octanol–water partition coefficient (Wildman–Crippen LogP) is 3.55. The van der Waals surface area contributed by atoms with Gasteiger partial charge in [-0.3, -0.25) is 0 Å². The van der Waals surface area contributed by atoms with Crippen LogP contribution >= 0.6 is 0 Å². The molecule has 0 bridgehead atoms. The highest BCUT2D eigenvalue weighted by atomic mass is 19.1. The second-order valence-corrected chi connectivity index (χ2v) is 5.04. The molecule has 0 aliphatic rings. The van der Waals surface area contributed by atoms with Crippen molar-refractivity contribution in [3.63, 3.8) is 0 Å². The number of para-hydroxylation sites is 2. The minimum Gasteiger partial charge on any atom is -0.491 e. The average molecular weight is 319 g/mol. The van der Waals surface area contributed by atoms with Gasteiger partial charge in [-0.25, -0.2) is 8.78 Å². The van der Waals surface area contributed by atoms with Crippen molar-refractivity contribution in [1.82, 2.24) is 0 Å². The zero-order valence-corrected chi connectivity index (χ0v) is 12.6. The van der Waals surface area contributed by atoms with E-state index in [1.807, 2.05) is 18.2 Å². The Bertz CT molecular complexity index is 641. The van der Waals surface area contributed by atoms with E-state index in [1.165, 1.54) is 6.07 Å². The van der Waals surface area contributed by atoms with Gasteiger partial charge in [-0.2, -0.15) is 0 Å². The van der Waals surface area contributed by atoms with Crippen LogP contribution in [0.2, 0.25) is 0 Å². The van der Waals surface area contributed by atoms with Crippen LogP contribution in [0.4, 0.5) is 14.5 Å². The Morgan fingerprint density at radius 1 is 1.13 bits per heavy atom. The summed E-state index contributed by atoms with van der Waals surface area (Å²) in [6.45, 7) is 3.67. The number of aliphatic hydroxyl groups is 1. The number of aliphatic hydroxyl groups excluding tert-OH is 1. The summed E-state index contributed by atoms with van der Waals surface area (Å²) in [5, 5.41) is 12.5. The van der Waals surface area contributed by atoms with Crippen LogP contribution in [0.3, 0.4) is 0 Å². The molecule has 2 aromatic carbocycles. The summed E-state index contributed by atoms with van der Waals surface area (Å²) < 4.78 is 32.5. The standard InChI is InChI=1S/C18H19F2NO2/c1-2-6-13-7-3-4-10-17(13)23-12-14(22)11-21-18-15(19)8-5-9-16(18)20/h2-5,7-10,14,21-22H,1,6,11-12H2. The van der Waals surface area contributed by atoms with Gasteiger partial charge in [0.05, 0.1) is 0 Å². The summed E-state index contributed by atoms with van der Waals surface area (Å²) in [5.74, 6) is -0.743. The van der Waals surface area contributed by atoms with E-state index in [0.29, 0.717) is 12.2 Å². The highest BCUT2D eigenvalue weighted by Crippen LogP contribution is 2.20. The van der Waals surface area contributed by atoms with Gasteiger partial charge in [0, 0.05) is 6.54 Å². The van der Waals surface area contributed by atoms with Crippen LogP contribution in [-0.2, 0) is 6.42 Å². The Kier molecular flexibility index (Phi) is 6.11. The molecule has 23 heavy (non-hydrogen) atoms. The highest BCUT2D eigenvalue weighted by Gasteiger charge is 2.11. The van der Waals surface area contributed by atoms with Gasteiger partial charge >= 0.3 is 0 Å². The summed E-state index contributed by atoms with van der Waals surface area (Å²) in [5.41, 5.74) is 0.710. The van der Waals surface area contributed by atoms with Gasteiger partial charge in [0.15, 0.2) is 0 Å². The molecule has 122 valence electrons. The molecule has 2 N–H and O–H groups in total. The molecule has 2 rings (SSSR count). The van der Waals surface area contributed by atoms with E-state index in [2.05, 4.69) is 11.9 Å². The van der Waals surface area contributed by atoms with Crippen LogP contribution in [0.5, 0.6) is 5.75 Å². The first-order valence-corrected chi connectivity index (χ1v) is 7.29. The van der Waals surface area contributed by atoms with Crippen molar-refractivity contribution in [1.29, 1.82) is 0 Å². The van der Waals surface area contributed by atoms with Crippen LogP contribution < -0.4 is 10.1 Å². The Labute approximate surface area is 134 Å². The van der Waals surface area contributed by atoms with Gasteiger partial charge in [-0.05, 0) is 30.2 Å². The van der Waals surface area contributed by atoms with Crippen molar-refractivity contribution in [2.45, 2.75) is 12.5 Å². The molecule has 1 atom stereocenters. The Morgan fingerprint density at radius 2 is 1.83 bits per heavy atom. The fourth-order valence-electron chi connectivity index (χ4n) is 2.10. The number of halogens is 2. The van der Waals surface area contributed by atoms with Gasteiger partial charge in [0.25, 0.3) is 0 Å². The van der Waals surface area contributed by atoms with E-state index >= 15 is 0 Å². The van der Waals surface area contributed by atoms with Crippen LogP contribution in [-0.4, -0.2) is 24.4 Å². The first-order chi connectivity index (χ1) is 11.1. The van der Waals surface area contributed by atoms with Gasteiger partial charge in [0.1, 0.15) is 35.8 Å². The molecular formula is C18H19F2NO2. The number of ether oxygens (including phenoxy) is 1. The molecule has 0 amide bonds. The molecule has 1 unspecified atom stereocenters. The maximum Gasteiger partial charge on any atom is 0.149 e. The molecule has 0 heterocycles. The van der Waals surface area contributed by atoms with Gasteiger partial charge in [-0.1, -0.05) is 30.3 Å². The number of anilines is 1. The molecule has 0 spiro atoms. The Hall–Kier alpha value is -2.40. The van der Waals surface area contributed by atoms with Crippen LogP contribution in [0.15, 0.2) is 55.1 Å². The SMILES string of the molecule is C=CCc1ccccc1OCC(O)CNc1c(F)cccc1F. The number of nitrogens with one attached hydrogen (secondary N) is 1. The Morgan fingerprint density at radius 3 is 2.52 bits per heavy atom. The number of hydrogen-bond donors (Lipinski definition) is 2. The smallest absolute Gasteiger partial charge is 0.149 e. The third kappa shape index (κ3) is 4.79. The molecule has 0 radical (unpaired) electrons. The summed E-state index contributed by atoms with van der Waals surface area (Å²) >= 11 is 0. The van der Waals surface area contributed by atoms with E-state index in [4.69, 9.17) is 4.74 Å². The second-order valence-electron chi connectivity index (χ2n) is 5.04. The normalized spacial score (nSPS) is 11.8. The van der Waals surface area contributed by atoms with Gasteiger partial charge in [-0.15, -0.1) is 6.58 Å². The lowest BCUT2D eigenvalue weighted by atomic mass is 10.1. The largest absolute Gasteiger partial charge is 0.491 e. The van der Waals surface area contributed by atoms with Gasteiger partial charge < -0.3 is 15.2 Å². The lowest BCUT2D eigenvalue weighted by molar-refractivity contribution is 0.117. The minimum atomic E-state index is -0.911. The van der Waals surface area contributed by atoms with Crippen LogP contribution in [0, 0.1) is 11.6 Å². The monoisotopic (exact) mass is 319 g/mol. The fraction of sp³-hybridized carbons (Fsp3) is 0.222. The lowest BCUT2D eigenvalue weighted by Gasteiger charge is -2.16. The molecule has 0 saturated heterocycles. The first kappa shape index (κ1) is 17.0. The zero-order chi connectivity index (χ0) is 16.7. The van der Waals surface area contributed by atoms with Gasteiger partial charge in [0.2, 0.25) is 0 Å². The van der Waals surface area contributed by atoms with Crippen molar-refractivity contribution < 1.29 is 18.6 Å². The molecule has 5 heteroatoms. The van der Waals surface area contributed by atoms with E-state index < -0.39 is 17.7 Å². The number of rotatable bonds is 8. The zero-order valence-electron chi connectivity index (χ0n) is 12.6. The van der Waals surface area contributed by atoms with Crippen molar-refractivity contribution in [2.75, 3.05) is 18.5 Å². The van der Waals surface area contributed by atoms with Crippen molar-refractivity contribution >= 4 is 5.69 Å². The lowest BCUT2D eigenvalue weighted by Crippen LogP contribution is -2.27. The molecule has 2 aromatic rings. The summed E-state index contributed by atoms with van der Waals surface area (Å²) in [7, 11) is 0. The molecule has 3 nitrogen and oxygen atoms in total. The molecule has 0 aromatic heterocycles. The molecule has 0 aliphatic heterocycles. The predicted molar refractivity (Wildman–Crippen MR) is 86.7 cm³/mol. The number of benzene rings is 2. The third-order valence-electron chi connectivity index (χ3n) is 3.25. The van der Waals surface area contributed by atoms with E-state index in [0.717, 1.165) is 17.7 Å². The van der Waals surface area contributed by atoms with Crippen molar-refractivity contribution in [3.8, 4) is 5.75 Å². The van der Waals surface area contributed by atoms with E-state index in [1.54, 1.807) is 12.1 Å². The van der Waals surface area contributed by atoms with Crippen LogP contribution in [0.25, 0.3) is 0 Å². The Balaban J connectivity index is 1.88. The van der Waals surface area contributed by atoms with Crippen LogP contribution in [0.1, 0.15) is 5.56 Å². The second kappa shape index (κ2) is 8.29. The molecule has 0 aliphatic carbocycles. The van der Waals surface area contributed by atoms with Crippen molar-refractivity contribution in [3.05, 3.63) is 72.3 Å². The quantitative estimate of drug-likeness (QED) is 0.731. The topological polar surface area (TPSA) is 41.5 Å². The number of allylic oxidation sites excluding steroid dienone is 1. The summed E-state index contributed by atoms with van der Waals surface area (Å²) in [4.78, 5) is 0. The first-order valence-electron chi connectivity index (χ1n) is 7.29. The minimum absolute atomic E-state index is 0.0111. The average Bonchev–Trinajstić information content (AvgIpc) is 2.54. The fourth-order valence-corrected chi connectivity index (χ4v) is 2.10. The summed E-state index contributed by atoms with van der Waals surface area (Å²) in [6.07, 6.45) is 1.51. The number of hydrogen-bond acceptors (Lipinski definition) is 3. The van der Waals surface area contributed by atoms with E-state index in [-0.39, 0.29) is 18.8 Å². The molecule has 0 fully saturated rings. The maximum absolute atomic E-state index is 13.5. The third-order valence-corrected chi connectivity index (χ3v) is 3.25.